The fraction of sp³-hybridized carbons (Fsp3) is 0. The predicted molar refractivity (Wildman–Crippen MR) is 221 cm³/mol. The van der Waals surface area contributed by atoms with Crippen LogP contribution in [0.2, 0.25) is 0 Å². The highest BCUT2D eigenvalue weighted by Gasteiger charge is 2.21. The minimum Gasteiger partial charge on any atom is -0.454 e. The summed E-state index contributed by atoms with van der Waals surface area (Å²) in [7, 11) is 0. The van der Waals surface area contributed by atoms with Crippen molar-refractivity contribution >= 4 is 54.5 Å². The smallest absolute Gasteiger partial charge is 0.164 e. The first-order valence-electron chi connectivity index (χ1n) is 18.1. The van der Waals surface area contributed by atoms with E-state index in [-0.39, 0.29) is 0 Å². The molecule has 0 N–H and O–H groups in total. The number of hydrogen-bond acceptors (Lipinski definition) is 4. The monoisotopic (exact) mass is 690 g/mol. The first-order chi connectivity index (χ1) is 26.7. The maximum atomic E-state index is 6.86. The first kappa shape index (κ1) is 30.3. The van der Waals surface area contributed by atoms with Crippen LogP contribution in [0, 0.1) is 0 Å². The van der Waals surface area contributed by atoms with Gasteiger partial charge in [-0.3, -0.25) is 0 Å². The molecule has 0 radical (unpaired) electrons. The van der Waals surface area contributed by atoms with E-state index in [1.807, 2.05) is 36.4 Å². The van der Waals surface area contributed by atoms with E-state index in [9.17, 15) is 0 Å². The number of para-hydroxylation sites is 2. The standard InChI is InChI=1S/C49H30N4O/c1-3-13-31(14-4-1)32-23-25-34(26-24-32)48-50-47(33-15-5-2-6-16-33)51-49(52-48)37-28-41-40-27-35-17-7-8-18-36(35)30-45(40)54-46(41)44(29-37)53-42-21-11-9-19-38(42)39-20-10-12-22-43(39)53/h1-30H. The molecule has 0 saturated heterocycles. The maximum Gasteiger partial charge on any atom is 0.164 e. The lowest BCUT2D eigenvalue weighted by atomic mass is 10.0. The van der Waals surface area contributed by atoms with Gasteiger partial charge >= 0.3 is 0 Å². The van der Waals surface area contributed by atoms with Gasteiger partial charge in [0.25, 0.3) is 0 Å². The van der Waals surface area contributed by atoms with Crippen molar-refractivity contribution in [3.63, 3.8) is 0 Å². The van der Waals surface area contributed by atoms with Gasteiger partial charge in [-0.15, -0.1) is 0 Å². The molecule has 54 heavy (non-hydrogen) atoms. The number of fused-ring (bicyclic) bond motifs is 7. The van der Waals surface area contributed by atoms with E-state index in [4.69, 9.17) is 19.4 Å². The molecule has 0 saturated carbocycles. The second-order valence-corrected chi connectivity index (χ2v) is 13.7. The average molecular weight is 691 g/mol. The van der Waals surface area contributed by atoms with Crippen LogP contribution in [0.15, 0.2) is 186 Å². The number of hydrogen-bond donors (Lipinski definition) is 0. The summed E-state index contributed by atoms with van der Waals surface area (Å²) >= 11 is 0. The van der Waals surface area contributed by atoms with Gasteiger partial charge in [0.05, 0.1) is 16.7 Å². The van der Waals surface area contributed by atoms with E-state index in [0.717, 1.165) is 77.2 Å². The highest BCUT2D eigenvalue weighted by molar-refractivity contribution is 6.15. The van der Waals surface area contributed by atoms with Gasteiger partial charge in [0.1, 0.15) is 5.58 Å². The van der Waals surface area contributed by atoms with Crippen LogP contribution in [0.1, 0.15) is 0 Å². The second-order valence-electron chi connectivity index (χ2n) is 13.7. The van der Waals surface area contributed by atoms with Gasteiger partial charge in [-0.25, -0.2) is 15.0 Å². The second kappa shape index (κ2) is 12.1. The summed E-state index contributed by atoms with van der Waals surface area (Å²) in [5, 5.41) is 6.70. The Balaban J connectivity index is 1.20. The van der Waals surface area contributed by atoms with Gasteiger partial charge in [-0.1, -0.05) is 146 Å². The Morgan fingerprint density at radius 3 is 1.48 bits per heavy atom. The van der Waals surface area contributed by atoms with Crippen LogP contribution in [0.5, 0.6) is 0 Å². The van der Waals surface area contributed by atoms with E-state index in [1.165, 1.54) is 10.8 Å². The molecule has 0 unspecified atom stereocenters. The molecule has 0 spiro atoms. The fourth-order valence-corrected chi connectivity index (χ4v) is 7.82. The highest BCUT2D eigenvalue weighted by atomic mass is 16.3. The van der Waals surface area contributed by atoms with Crippen LogP contribution in [-0.4, -0.2) is 19.5 Å². The minimum atomic E-state index is 0.588. The number of nitrogens with zero attached hydrogens (tertiary/aromatic N) is 4. The SMILES string of the molecule is c1ccc(-c2ccc(-c3nc(-c4ccccc4)nc(-c4cc(-n5c6ccccc6c6ccccc65)c5oc6cc7ccccc7cc6c5c4)n3)cc2)cc1. The van der Waals surface area contributed by atoms with E-state index in [0.29, 0.717) is 17.5 Å². The Morgan fingerprint density at radius 1 is 0.352 bits per heavy atom. The highest BCUT2D eigenvalue weighted by Crippen LogP contribution is 2.41. The quantitative estimate of drug-likeness (QED) is 0.180. The van der Waals surface area contributed by atoms with Crippen molar-refractivity contribution < 1.29 is 4.42 Å². The molecule has 5 nitrogen and oxygen atoms in total. The van der Waals surface area contributed by atoms with E-state index < -0.39 is 0 Å². The molecule has 0 aliphatic heterocycles. The lowest BCUT2D eigenvalue weighted by molar-refractivity contribution is 0.667. The maximum absolute atomic E-state index is 6.86. The zero-order chi connectivity index (χ0) is 35.6. The Morgan fingerprint density at radius 2 is 0.833 bits per heavy atom. The third-order valence-corrected chi connectivity index (χ3v) is 10.4. The zero-order valence-corrected chi connectivity index (χ0v) is 29.0. The summed E-state index contributed by atoms with van der Waals surface area (Å²) in [6.45, 7) is 0. The topological polar surface area (TPSA) is 56.7 Å². The molecule has 3 heterocycles. The average Bonchev–Trinajstić information content (AvgIpc) is 3.78. The summed E-state index contributed by atoms with van der Waals surface area (Å²) < 4.78 is 9.18. The normalized spacial score (nSPS) is 11.7. The van der Waals surface area contributed by atoms with Gasteiger partial charge in [-0.05, 0) is 58.3 Å². The van der Waals surface area contributed by atoms with Crippen LogP contribution in [0.4, 0.5) is 0 Å². The van der Waals surface area contributed by atoms with Gasteiger partial charge in [0.2, 0.25) is 0 Å². The van der Waals surface area contributed by atoms with Crippen LogP contribution in [0.25, 0.3) is 105 Å². The number of rotatable bonds is 5. The lowest BCUT2D eigenvalue weighted by Gasteiger charge is -2.13. The molecule has 3 aromatic heterocycles. The van der Waals surface area contributed by atoms with Crippen LogP contribution in [-0.2, 0) is 0 Å². The molecule has 0 fully saturated rings. The first-order valence-corrected chi connectivity index (χ1v) is 18.1. The van der Waals surface area contributed by atoms with Crippen molar-refractivity contribution in [1.29, 1.82) is 0 Å². The van der Waals surface area contributed by atoms with Gasteiger partial charge in [0, 0.05) is 38.2 Å². The Labute approximate surface area is 310 Å². The van der Waals surface area contributed by atoms with E-state index in [1.54, 1.807) is 0 Å². The molecule has 0 bridgehead atoms. The van der Waals surface area contributed by atoms with Gasteiger partial charge in [-0.2, -0.15) is 0 Å². The van der Waals surface area contributed by atoms with Crippen molar-refractivity contribution in [3.8, 4) is 51.0 Å². The molecule has 0 amide bonds. The molecule has 0 aliphatic rings. The Hall–Kier alpha value is -7.37. The van der Waals surface area contributed by atoms with Gasteiger partial charge < -0.3 is 8.98 Å². The third-order valence-electron chi connectivity index (χ3n) is 10.4. The number of benzene rings is 8. The Kier molecular flexibility index (Phi) is 6.79. The summed E-state index contributed by atoms with van der Waals surface area (Å²) in [5.41, 5.74) is 9.78. The molecule has 0 aliphatic carbocycles. The molecule has 11 rings (SSSR count). The summed E-state index contributed by atoms with van der Waals surface area (Å²) in [6, 6.07) is 63.3. The van der Waals surface area contributed by atoms with Crippen molar-refractivity contribution in [3.05, 3.63) is 182 Å². The summed E-state index contributed by atoms with van der Waals surface area (Å²) in [5.74, 6) is 1.81. The molecule has 5 heteroatoms. The van der Waals surface area contributed by atoms with E-state index in [2.05, 4.69) is 150 Å². The fourth-order valence-electron chi connectivity index (χ4n) is 7.82. The van der Waals surface area contributed by atoms with Crippen molar-refractivity contribution in [2.75, 3.05) is 0 Å². The summed E-state index contributed by atoms with van der Waals surface area (Å²) in [6.07, 6.45) is 0. The van der Waals surface area contributed by atoms with Crippen LogP contribution >= 0.6 is 0 Å². The molecule has 252 valence electrons. The van der Waals surface area contributed by atoms with Crippen molar-refractivity contribution in [1.82, 2.24) is 19.5 Å². The summed E-state index contributed by atoms with van der Waals surface area (Å²) in [4.78, 5) is 15.4. The molecular formula is C49H30N4O. The Bertz CT molecular complexity index is 3150. The van der Waals surface area contributed by atoms with E-state index >= 15 is 0 Å². The van der Waals surface area contributed by atoms with Crippen molar-refractivity contribution in [2.45, 2.75) is 0 Å². The molecular weight excluding hydrogens is 661 g/mol. The predicted octanol–water partition coefficient (Wildman–Crippen LogP) is 12.7. The number of aromatic nitrogens is 4. The van der Waals surface area contributed by atoms with Crippen molar-refractivity contribution in [2.24, 2.45) is 0 Å². The van der Waals surface area contributed by atoms with Crippen LogP contribution in [0.3, 0.4) is 0 Å². The minimum absolute atomic E-state index is 0.588. The number of furan rings is 1. The van der Waals surface area contributed by atoms with Gasteiger partial charge in [0.15, 0.2) is 23.1 Å². The zero-order valence-electron chi connectivity index (χ0n) is 29.0. The van der Waals surface area contributed by atoms with Crippen LogP contribution < -0.4 is 0 Å². The molecule has 0 atom stereocenters. The largest absolute Gasteiger partial charge is 0.454 e. The molecule has 11 aromatic rings. The lowest BCUT2D eigenvalue weighted by Crippen LogP contribution is -2.01. The molecule has 8 aromatic carbocycles. The third kappa shape index (κ3) is 4.90.